The van der Waals surface area contributed by atoms with E-state index in [0.29, 0.717) is 12.2 Å². The number of nitrogens with zero attached hydrogens (tertiary/aromatic N) is 2. The molecular formula is C22H24N4O. The highest BCUT2D eigenvalue weighted by atomic mass is 16.1. The molecule has 0 aliphatic carbocycles. The van der Waals surface area contributed by atoms with Crippen molar-refractivity contribution in [3.63, 3.8) is 0 Å². The van der Waals surface area contributed by atoms with Crippen LogP contribution < -0.4 is 5.32 Å². The van der Waals surface area contributed by atoms with Gasteiger partial charge in [-0.3, -0.25) is 14.8 Å². The van der Waals surface area contributed by atoms with Gasteiger partial charge in [0.2, 0.25) is 0 Å². The molecule has 0 unspecified atom stereocenters. The van der Waals surface area contributed by atoms with E-state index in [9.17, 15) is 4.79 Å². The van der Waals surface area contributed by atoms with Crippen LogP contribution in [0.5, 0.6) is 0 Å². The number of fused-ring (bicyclic) bond motifs is 1. The van der Waals surface area contributed by atoms with Gasteiger partial charge in [0.05, 0.1) is 5.69 Å². The average Bonchev–Trinajstić information content (AvgIpc) is 3.29. The van der Waals surface area contributed by atoms with Crippen molar-refractivity contribution in [2.24, 2.45) is 0 Å². The molecule has 27 heavy (non-hydrogen) atoms. The van der Waals surface area contributed by atoms with Gasteiger partial charge in [-0.1, -0.05) is 54.6 Å². The van der Waals surface area contributed by atoms with E-state index in [4.69, 9.17) is 0 Å². The predicted octanol–water partition coefficient (Wildman–Crippen LogP) is 3.52. The van der Waals surface area contributed by atoms with Crippen LogP contribution in [0.15, 0.2) is 54.6 Å². The summed E-state index contributed by atoms with van der Waals surface area (Å²) in [6.07, 6.45) is 0.929. The SMILES string of the molecule is Cc1c(-c2ccccc2)n[nH]c1C(=O)NCCCN1Cc2ccccc2C1. The van der Waals surface area contributed by atoms with Crippen LogP contribution in [0.1, 0.15) is 33.6 Å². The highest BCUT2D eigenvalue weighted by Crippen LogP contribution is 2.23. The van der Waals surface area contributed by atoms with Crippen LogP contribution in [-0.2, 0) is 13.1 Å². The minimum atomic E-state index is -0.0908. The first-order valence-electron chi connectivity index (χ1n) is 9.40. The Morgan fingerprint density at radius 3 is 2.44 bits per heavy atom. The lowest BCUT2D eigenvalue weighted by Crippen LogP contribution is -2.28. The van der Waals surface area contributed by atoms with E-state index in [0.717, 1.165) is 42.9 Å². The topological polar surface area (TPSA) is 61.0 Å². The van der Waals surface area contributed by atoms with Crippen molar-refractivity contribution >= 4 is 5.91 Å². The molecule has 0 radical (unpaired) electrons. The van der Waals surface area contributed by atoms with Gasteiger partial charge in [0.15, 0.2) is 0 Å². The predicted molar refractivity (Wildman–Crippen MR) is 106 cm³/mol. The maximum Gasteiger partial charge on any atom is 0.269 e. The van der Waals surface area contributed by atoms with Crippen LogP contribution in [0.25, 0.3) is 11.3 Å². The van der Waals surface area contributed by atoms with Crippen molar-refractivity contribution in [2.75, 3.05) is 13.1 Å². The number of nitrogens with one attached hydrogen (secondary N) is 2. The number of rotatable bonds is 6. The molecule has 0 atom stereocenters. The molecule has 0 bridgehead atoms. The lowest BCUT2D eigenvalue weighted by atomic mass is 10.1. The second-order valence-corrected chi connectivity index (χ2v) is 7.03. The van der Waals surface area contributed by atoms with Crippen molar-refractivity contribution in [3.05, 3.63) is 77.0 Å². The zero-order valence-corrected chi connectivity index (χ0v) is 15.5. The molecule has 2 aromatic carbocycles. The average molecular weight is 360 g/mol. The van der Waals surface area contributed by atoms with Gasteiger partial charge in [-0.15, -0.1) is 0 Å². The Bertz CT molecular complexity index is 907. The molecule has 1 aliphatic rings. The summed E-state index contributed by atoms with van der Waals surface area (Å²) in [6.45, 7) is 5.58. The molecule has 0 fully saturated rings. The number of carbonyl (C=O) groups excluding carboxylic acids is 1. The number of hydrogen-bond acceptors (Lipinski definition) is 3. The van der Waals surface area contributed by atoms with Gasteiger partial charge >= 0.3 is 0 Å². The minimum absolute atomic E-state index is 0.0908. The molecule has 0 saturated heterocycles. The molecule has 5 heteroatoms. The Balaban J connectivity index is 1.28. The summed E-state index contributed by atoms with van der Waals surface area (Å²) in [5.41, 5.74) is 6.11. The molecule has 3 aromatic rings. The van der Waals surface area contributed by atoms with E-state index in [-0.39, 0.29) is 5.91 Å². The monoisotopic (exact) mass is 360 g/mol. The van der Waals surface area contributed by atoms with Gasteiger partial charge in [0, 0.05) is 37.3 Å². The summed E-state index contributed by atoms with van der Waals surface area (Å²) in [7, 11) is 0. The summed E-state index contributed by atoms with van der Waals surface area (Å²) in [5, 5.41) is 10.2. The number of hydrogen-bond donors (Lipinski definition) is 2. The van der Waals surface area contributed by atoms with E-state index in [2.05, 4.69) is 44.7 Å². The van der Waals surface area contributed by atoms with Crippen LogP contribution in [0, 0.1) is 6.92 Å². The maximum atomic E-state index is 12.5. The minimum Gasteiger partial charge on any atom is -0.351 e. The van der Waals surface area contributed by atoms with E-state index < -0.39 is 0 Å². The first-order valence-corrected chi connectivity index (χ1v) is 9.40. The lowest BCUT2D eigenvalue weighted by molar-refractivity contribution is 0.0946. The second-order valence-electron chi connectivity index (χ2n) is 7.03. The molecule has 4 rings (SSSR count). The van der Waals surface area contributed by atoms with Crippen LogP contribution in [-0.4, -0.2) is 34.1 Å². The fraction of sp³-hybridized carbons (Fsp3) is 0.273. The molecule has 0 saturated carbocycles. The number of H-pyrrole nitrogens is 1. The van der Waals surface area contributed by atoms with Crippen molar-refractivity contribution in [3.8, 4) is 11.3 Å². The first-order chi connectivity index (χ1) is 13.2. The lowest BCUT2D eigenvalue weighted by Gasteiger charge is -2.14. The Morgan fingerprint density at radius 1 is 1.07 bits per heavy atom. The molecule has 2 heterocycles. The van der Waals surface area contributed by atoms with Gasteiger partial charge in [-0.05, 0) is 24.5 Å². The number of benzene rings is 2. The quantitative estimate of drug-likeness (QED) is 0.661. The number of carbonyl (C=O) groups is 1. The van der Waals surface area contributed by atoms with Crippen molar-refractivity contribution in [2.45, 2.75) is 26.4 Å². The Hall–Kier alpha value is -2.92. The van der Waals surface area contributed by atoms with Crippen LogP contribution >= 0.6 is 0 Å². The van der Waals surface area contributed by atoms with Crippen molar-refractivity contribution in [1.29, 1.82) is 0 Å². The maximum absolute atomic E-state index is 12.5. The van der Waals surface area contributed by atoms with E-state index >= 15 is 0 Å². The number of amides is 1. The highest BCUT2D eigenvalue weighted by molar-refractivity contribution is 5.95. The van der Waals surface area contributed by atoms with E-state index in [1.54, 1.807) is 0 Å². The fourth-order valence-electron chi connectivity index (χ4n) is 3.65. The molecule has 138 valence electrons. The molecular weight excluding hydrogens is 336 g/mol. The molecule has 1 amide bonds. The summed E-state index contributed by atoms with van der Waals surface area (Å²) < 4.78 is 0. The van der Waals surface area contributed by atoms with Crippen molar-refractivity contribution in [1.82, 2.24) is 20.4 Å². The number of aromatic nitrogens is 2. The number of aromatic amines is 1. The molecule has 5 nitrogen and oxygen atoms in total. The van der Waals surface area contributed by atoms with Crippen molar-refractivity contribution < 1.29 is 4.79 Å². The molecule has 1 aromatic heterocycles. The summed E-state index contributed by atoms with van der Waals surface area (Å²) in [5.74, 6) is -0.0908. The van der Waals surface area contributed by atoms with Crippen LogP contribution in [0.3, 0.4) is 0 Å². The van der Waals surface area contributed by atoms with Gasteiger partial charge in [0.25, 0.3) is 5.91 Å². The third kappa shape index (κ3) is 3.78. The Morgan fingerprint density at radius 2 is 1.74 bits per heavy atom. The standard InChI is InChI=1S/C22H24N4O/c1-16-20(17-8-3-2-4-9-17)24-25-21(16)22(27)23-12-7-13-26-14-18-10-5-6-11-19(18)15-26/h2-6,8-11H,7,12-15H2,1H3,(H,23,27)(H,24,25). The molecule has 0 spiro atoms. The zero-order valence-electron chi connectivity index (χ0n) is 15.5. The smallest absolute Gasteiger partial charge is 0.269 e. The largest absolute Gasteiger partial charge is 0.351 e. The third-order valence-corrected chi connectivity index (χ3v) is 5.13. The van der Waals surface area contributed by atoms with E-state index in [1.807, 2.05) is 37.3 Å². The van der Waals surface area contributed by atoms with Gasteiger partial charge < -0.3 is 5.32 Å². The molecule has 1 aliphatic heterocycles. The third-order valence-electron chi connectivity index (χ3n) is 5.13. The zero-order chi connectivity index (χ0) is 18.6. The summed E-state index contributed by atoms with van der Waals surface area (Å²) in [6, 6.07) is 18.5. The second kappa shape index (κ2) is 7.76. The Kier molecular flexibility index (Phi) is 5.03. The summed E-state index contributed by atoms with van der Waals surface area (Å²) in [4.78, 5) is 14.9. The molecule has 2 N–H and O–H groups in total. The Labute approximate surface area is 159 Å². The first kappa shape index (κ1) is 17.5. The fourth-order valence-corrected chi connectivity index (χ4v) is 3.65. The van der Waals surface area contributed by atoms with Gasteiger partial charge in [-0.2, -0.15) is 5.10 Å². The summed E-state index contributed by atoms with van der Waals surface area (Å²) >= 11 is 0. The van der Waals surface area contributed by atoms with Gasteiger partial charge in [0.1, 0.15) is 5.69 Å². The van der Waals surface area contributed by atoms with Crippen LogP contribution in [0.4, 0.5) is 0 Å². The van der Waals surface area contributed by atoms with Gasteiger partial charge in [-0.25, -0.2) is 0 Å². The highest BCUT2D eigenvalue weighted by Gasteiger charge is 2.18. The normalized spacial score (nSPS) is 13.5. The van der Waals surface area contributed by atoms with E-state index in [1.165, 1.54) is 11.1 Å². The van der Waals surface area contributed by atoms with Crippen LogP contribution in [0.2, 0.25) is 0 Å².